The van der Waals surface area contributed by atoms with Crippen molar-refractivity contribution in [1.82, 2.24) is 9.97 Å². The Morgan fingerprint density at radius 1 is 1.38 bits per heavy atom. The second kappa shape index (κ2) is 5.21. The van der Waals surface area contributed by atoms with Crippen molar-refractivity contribution in [2.75, 3.05) is 0 Å². The van der Waals surface area contributed by atoms with Crippen LogP contribution in [0, 0.1) is 5.92 Å². The van der Waals surface area contributed by atoms with E-state index in [0.29, 0.717) is 6.42 Å². The number of sulfone groups is 1. The van der Waals surface area contributed by atoms with Crippen LogP contribution in [0.25, 0.3) is 0 Å². The zero-order valence-corrected chi connectivity index (χ0v) is 10.3. The molecule has 2 atom stereocenters. The Kier molecular flexibility index (Phi) is 4.18. The van der Waals surface area contributed by atoms with Gasteiger partial charge >= 0.3 is 0 Å². The maximum Gasteiger partial charge on any atom is 0.247 e. The Hall–Kier alpha value is -1.23. The summed E-state index contributed by atoms with van der Waals surface area (Å²) in [5.74, 6) is 0.00584. The third-order valence-electron chi connectivity index (χ3n) is 2.63. The lowest BCUT2D eigenvalue weighted by molar-refractivity contribution is 0.519. The molecule has 0 saturated carbocycles. The van der Waals surface area contributed by atoms with Crippen molar-refractivity contribution in [1.29, 1.82) is 0 Å². The lowest BCUT2D eigenvalue weighted by Gasteiger charge is -2.17. The van der Waals surface area contributed by atoms with E-state index in [9.17, 15) is 8.42 Å². The van der Waals surface area contributed by atoms with Gasteiger partial charge in [-0.3, -0.25) is 0 Å². The van der Waals surface area contributed by atoms with Crippen molar-refractivity contribution in [2.45, 2.75) is 30.7 Å². The van der Waals surface area contributed by atoms with Gasteiger partial charge in [-0.25, -0.2) is 18.4 Å². The van der Waals surface area contributed by atoms with E-state index >= 15 is 0 Å². The number of aromatic nitrogens is 2. The average molecular weight is 240 g/mol. The highest BCUT2D eigenvalue weighted by Gasteiger charge is 2.29. The van der Waals surface area contributed by atoms with Gasteiger partial charge in [0.1, 0.15) is 0 Å². The minimum Gasteiger partial charge on any atom is -0.227 e. The molecule has 16 heavy (non-hydrogen) atoms. The minimum absolute atomic E-state index is 0.00584. The van der Waals surface area contributed by atoms with E-state index in [4.69, 9.17) is 0 Å². The van der Waals surface area contributed by atoms with Gasteiger partial charge in [0.15, 0.2) is 0 Å². The molecular formula is C11H16N2O2S. The molecular weight excluding hydrogens is 224 g/mol. The van der Waals surface area contributed by atoms with Crippen molar-refractivity contribution >= 4 is 9.84 Å². The molecule has 0 radical (unpaired) electrons. The Labute approximate surface area is 96.4 Å². The lowest BCUT2D eigenvalue weighted by Crippen LogP contribution is -2.26. The van der Waals surface area contributed by atoms with Crippen LogP contribution in [0.1, 0.15) is 20.3 Å². The molecule has 1 aromatic heterocycles. The molecule has 0 aliphatic heterocycles. The van der Waals surface area contributed by atoms with Crippen LogP contribution in [0.2, 0.25) is 0 Å². The van der Waals surface area contributed by atoms with E-state index in [1.807, 2.05) is 6.92 Å². The molecule has 0 bridgehead atoms. The van der Waals surface area contributed by atoms with Crippen LogP contribution in [0.4, 0.5) is 0 Å². The molecule has 4 nitrogen and oxygen atoms in total. The summed E-state index contributed by atoms with van der Waals surface area (Å²) in [6.45, 7) is 7.17. The van der Waals surface area contributed by atoms with E-state index in [-0.39, 0.29) is 11.1 Å². The quantitative estimate of drug-likeness (QED) is 0.582. The van der Waals surface area contributed by atoms with Gasteiger partial charge in [-0.05, 0) is 25.3 Å². The normalized spacial score (nSPS) is 15.4. The second-order valence-electron chi connectivity index (χ2n) is 3.78. The third-order valence-corrected chi connectivity index (χ3v) is 4.79. The molecule has 0 aromatic carbocycles. The van der Waals surface area contributed by atoms with E-state index in [2.05, 4.69) is 16.5 Å². The van der Waals surface area contributed by atoms with Gasteiger partial charge in [0.25, 0.3) is 0 Å². The van der Waals surface area contributed by atoms with Crippen molar-refractivity contribution in [3.63, 3.8) is 0 Å². The molecule has 0 fully saturated rings. The molecule has 0 spiro atoms. The van der Waals surface area contributed by atoms with E-state index < -0.39 is 15.1 Å². The summed E-state index contributed by atoms with van der Waals surface area (Å²) in [6, 6.07) is 1.59. The summed E-state index contributed by atoms with van der Waals surface area (Å²) in [6.07, 6.45) is 5.26. The second-order valence-corrected chi connectivity index (χ2v) is 5.98. The van der Waals surface area contributed by atoms with Crippen LogP contribution in [0.3, 0.4) is 0 Å². The fourth-order valence-electron chi connectivity index (χ4n) is 1.36. The molecule has 1 aromatic rings. The van der Waals surface area contributed by atoms with Crippen molar-refractivity contribution in [3.05, 3.63) is 31.1 Å². The van der Waals surface area contributed by atoms with Crippen molar-refractivity contribution in [2.24, 2.45) is 5.92 Å². The molecule has 88 valence electrons. The molecule has 5 heteroatoms. The molecule has 0 saturated heterocycles. The van der Waals surface area contributed by atoms with Crippen LogP contribution < -0.4 is 0 Å². The molecule has 0 N–H and O–H groups in total. The number of allylic oxidation sites excluding steroid dienone is 1. The fraction of sp³-hybridized carbons (Fsp3) is 0.455. The predicted molar refractivity (Wildman–Crippen MR) is 62.7 cm³/mol. The number of nitrogens with zero attached hydrogens (tertiary/aromatic N) is 2. The fourth-order valence-corrected chi connectivity index (χ4v) is 2.83. The Bertz CT molecular complexity index is 442. The molecule has 1 heterocycles. The van der Waals surface area contributed by atoms with Crippen LogP contribution in [0.5, 0.6) is 0 Å². The summed E-state index contributed by atoms with van der Waals surface area (Å²) in [7, 11) is -3.43. The van der Waals surface area contributed by atoms with Gasteiger partial charge in [-0.2, -0.15) is 0 Å². The maximum absolute atomic E-state index is 12.1. The Morgan fingerprint density at radius 2 is 1.94 bits per heavy atom. The van der Waals surface area contributed by atoms with Gasteiger partial charge in [-0.15, -0.1) is 6.58 Å². The third kappa shape index (κ3) is 2.66. The number of hydrogen-bond donors (Lipinski definition) is 0. The molecule has 0 aliphatic rings. The molecule has 0 amide bonds. The summed E-state index contributed by atoms with van der Waals surface area (Å²) < 4.78 is 24.2. The first-order valence-corrected chi connectivity index (χ1v) is 6.66. The topological polar surface area (TPSA) is 59.9 Å². The van der Waals surface area contributed by atoms with Gasteiger partial charge < -0.3 is 0 Å². The highest BCUT2D eigenvalue weighted by atomic mass is 32.2. The summed E-state index contributed by atoms with van der Waals surface area (Å²) in [5, 5.41) is -0.605. The standard InChI is InChI=1S/C11H16N2O2S/c1-4-6-9(2)10(3)16(14,15)11-12-7-5-8-13-11/h4-5,7-10H,1,6H2,2-3H3/t9-,10+/m0/s1. The molecule has 0 unspecified atom stereocenters. The van der Waals surface area contributed by atoms with Gasteiger partial charge in [0.05, 0.1) is 5.25 Å². The first-order valence-electron chi connectivity index (χ1n) is 5.12. The van der Waals surface area contributed by atoms with E-state index in [1.54, 1.807) is 19.1 Å². The Morgan fingerprint density at radius 3 is 2.44 bits per heavy atom. The monoisotopic (exact) mass is 240 g/mol. The van der Waals surface area contributed by atoms with Crippen LogP contribution >= 0.6 is 0 Å². The minimum atomic E-state index is -3.43. The molecule has 0 aliphatic carbocycles. The van der Waals surface area contributed by atoms with Gasteiger partial charge in [0, 0.05) is 12.4 Å². The first kappa shape index (κ1) is 12.8. The Balaban J connectivity index is 2.99. The van der Waals surface area contributed by atoms with Gasteiger partial charge in [-0.1, -0.05) is 13.0 Å². The van der Waals surface area contributed by atoms with Crippen LogP contribution in [-0.4, -0.2) is 23.6 Å². The van der Waals surface area contributed by atoms with Gasteiger partial charge in [0.2, 0.25) is 15.0 Å². The van der Waals surface area contributed by atoms with Crippen LogP contribution in [0.15, 0.2) is 36.3 Å². The smallest absolute Gasteiger partial charge is 0.227 e. The largest absolute Gasteiger partial charge is 0.247 e. The summed E-state index contributed by atoms with van der Waals surface area (Å²) in [4.78, 5) is 7.58. The average Bonchev–Trinajstić information content (AvgIpc) is 2.29. The number of rotatable bonds is 5. The zero-order chi connectivity index (χ0) is 12.2. The highest BCUT2D eigenvalue weighted by Crippen LogP contribution is 2.20. The van der Waals surface area contributed by atoms with E-state index in [1.165, 1.54) is 12.4 Å². The number of hydrogen-bond acceptors (Lipinski definition) is 4. The predicted octanol–water partition coefficient (Wildman–Crippen LogP) is 1.85. The zero-order valence-electron chi connectivity index (χ0n) is 9.50. The summed E-state index contributed by atoms with van der Waals surface area (Å²) >= 11 is 0. The van der Waals surface area contributed by atoms with Crippen molar-refractivity contribution < 1.29 is 8.42 Å². The molecule has 1 rings (SSSR count). The highest BCUT2D eigenvalue weighted by molar-refractivity contribution is 7.91. The van der Waals surface area contributed by atoms with Crippen molar-refractivity contribution in [3.8, 4) is 0 Å². The lowest BCUT2D eigenvalue weighted by atomic mass is 10.1. The maximum atomic E-state index is 12.1. The van der Waals surface area contributed by atoms with E-state index in [0.717, 1.165) is 0 Å². The first-order chi connectivity index (χ1) is 7.50. The van der Waals surface area contributed by atoms with Crippen LogP contribution in [-0.2, 0) is 9.84 Å². The summed E-state index contributed by atoms with van der Waals surface area (Å²) in [5.41, 5.74) is 0. The SMILES string of the molecule is C=CC[C@H](C)[C@@H](C)S(=O)(=O)c1ncccn1.